The summed E-state index contributed by atoms with van der Waals surface area (Å²) in [6, 6.07) is 33.5. The molecule has 140 valence electrons. The molecule has 0 saturated carbocycles. The number of para-hydroxylation sites is 3. The number of nitrogens with zero attached hydrogens (tertiary/aromatic N) is 2. The van der Waals surface area contributed by atoms with Gasteiger partial charge in [0.2, 0.25) is 0 Å². The first-order chi connectivity index (χ1) is 14.3. The summed E-state index contributed by atoms with van der Waals surface area (Å²) in [6.07, 6.45) is 0. The first kappa shape index (κ1) is 17.3. The van der Waals surface area contributed by atoms with E-state index in [1.54, 1.807) is 0 Å². The molecule has 0 fully saturated rings. The minimum absolute atomic E-state index is 0.736. The first-order valence-electron chi connectivity index (χ1n) is 9.68. The van der Waals surface area contributed by atoms with Gasteiger partial charge in [0.25, 0.3) is 0 Å². The van der Waals surface area contributed by atoms with Gasteiger partial charge in [0, 0.05) is 40.3 Å². The molecule has 1 aromatic heterocycles. The van der Waals surface area contributed by atoms with Crippen molar-refractivity contribution in [1.82, 2.24) is 4.57 Å². The zero-order valence-corrected chi connectivity index (χ0v) is 16.2. The van der Waals surface area contributed by atoms with Crippen molar-refractivity contribution in [1.29, 1.82) is 0 Å². The van der Waals surface area contributed by atoms with Crippen molar-refractivity contribution in [2.24, 2.45) is 4.99 Å². The standard InChI is InChI=1S/C26H21N3/c1-28-26(22-10-2-5-11-23(22)27)18-14-16-19(17-15-18)29-24-12-6-3-8-20(24)21-9-4-7-13-25(21)29/h2-17H,27H2,1H3. The lowest BCUT2D eigenvalue weighted by Crippen LogP contribution is -2.07. The quantitative estimate of drug-likeness (QED) is 0.313. The van der Waals surface area contributed by atoms with Crippen LogP contribution in [-0.2, 0) is 0 Å². The summed E-state index contributed by atoms with van der Waals surface area (Å²) in [6.45, 7) is 0. The first-order valence-corrected chi connectivity index (χ1v) is 9.68. The highest BCUT2D eigenvalue weighted by Crippen LogP contribution is 2.31. The molecule has 1 heterocycles. The lowest BCUT2D eigenvalue weighted by molar-refractivity contribution is 1.18. The van der Waals surface area contributed by atoms with Crippen LogP contribution in [0.2, 0.25) is 0 Å². The fraction of sp³-hybridized carbons (Fsp3) is 0.0385. The molecule has 0 spiro atoms. The van der Waals surface area contributed by atoms with Crippen molar-refractivity contribution in [2.75, 3.05) is 12.8 Å². The second-order valence-corrected chi connectivity index (χ2v) is 7.08. The second-order valence-electron chi connectivity index (χ2n) is 7.08. The van der Waals surface area contributed by atoms with Crippen molar-refractivity contribution in [3.8, 4) is 5.69 Å². The summed E-state index contributed by atoms with van der Waals surface area (Å²) >= 11 is 0. The summed E-state index contributed by atoms with van der Waals surface area (Å²) in [7, 11) is 1.81. The molecule has 2 N–H and O–H groups in total. The largest absolute Gasteiger partial charge is 0.398 e. The lowest BCUT2D eigenvalue weighted by Gasteiger charge is -2.12. The summed E-state index contributed by atoms with van der Waals surface area (Å²) in [5.41, 5.74) is 13.4. The molecule has 3 heteroatoms. The molecule has 3 nitrogen and oxygen atoms in total. The zero-order valence-electron chi connectivity index (χ0n) is 16.2. The molecule has 0 unspecified atom stereocenters. The number of hydrogen-bond donors (Lipinski definition) is 1. The smallest absolute Gasteiger partial charge is 0.0736 e. The molecule has 5 rings (SSSR count). The predicted molar refractivity (Wildman–Crippen MR) is 123 cm³/mol. The van der Waals surface area contributed by atoms with Gasteiger partial charge >= 0.3 is 0 Å². The maximum Gasteiger partial charge on any atom is 0.0736 e. The number of hydrogen-bond acceptors (Lipinski definition) is 2. The highest BCUT2D eigenvalue weighted by atomic mass is 15.0. The summed E-state index contributed by atoms with van der Waals surface area (Å²) in [4.78, 5) is 4.51. The van der Waals surface area contributed by atoms with E-state index in [4.69, 9.17) is 5.73 Å². The fourth-order valence-corrected chi connectivity index (χ4v) is 4.09. The number of aromatic nitrogens is 1. The molecule has 0 aliphatic heterocycles. The number of fused-ring (bicyclic) bond motifs is 3. The highest BCUT2D eigenvalue weighted by Gasteiger charge is 2.13. The molecule has 0 saturated heterocycles. The van der Waals surface area contributed by atoms with Gasteiger partial charge in [-0.1, -0.05) is 66.7 Å². The van der Waals surface area contributed by atoms with Crippen LogP contribution in [0.3, 0.4) is 0 Å². The Morgan fingerprint density at radius 1 is 0.690 bits per heavy atom. The van der Waals surface area contributed by atoms with E-state index in [1.165, 1.54) is 21.8 Å². The average molecular weight is 375 g/mol. The Kier molecular flexibility index (Phi) is 4.14. The third-order valence-electron chi connectivity index (χ3n) is 5.42. The molecular formula is C26H21N3. The highest BCUT2D eigenvalue weighted by molar-refractivity contribution is 6.15. The molecule has 29 heavy (non-hydrogen) atoms. The van der Waals surface area contributed by atoms with Gasteiger partial charge in [-0.2, -0.15) is 0 Å². The zero-order chi connectivity index (χ0) is 19.8. The third kappa shape index (κ3) is 2.79. The maximum atomic E-state index is 6.18. The molecule has 0 bridgehead atoms. The molecule has 0 radical (unpaired) electrons. The van der Waals surface area contributed by atoms with E-state index in [9.17, 15) is 0 Å². The van der Waals surface area contributed by atoms with Crippen LogP contribution < -0.4 is 5.73 Å². The van der Waals surface area contributed by atoms with Crippen LogP contribution in [0.4, 0.5) is 5.69 Å². The molecule has 0 aliphatic rings. The number of rotatable bonds is 3. The summed E-state index contributed by atoms with van der Waals surface area (Å²) in [5, 5.41) is 2.53. The SMILES string of the molecule is CN=C(c1ccc(-n2c3ccccc3c3ccccc32)cc1)c1ccccc1N. The van der Waals surface area contributed by atoms with E-state index in [1.807, 2.05) is 31.3 Å². The van der Waals surface area contributed by atoms with Gasteiger partial charge in [0.1, 0.15) is 0 Å². The van der Waals surface area contributed by atoms with E-state index in [0.29, 0.717) is 0 Å². The molecule has 0 atom stereocenters. The third-order valence-corrected chi connectivity index (χ3v) is 5.42. The number of benzene rings is 4. The Hall–Kier alpha value is -3.85. The predicted octanol–water partition coefficient (Wildman–Crippen LogP) is 5.83. The van der Waals surface area contributed by atoms with Crippen LogP contribution in [0.15, 0.2) is 102 Å². The monoisotopic (exact) mass is 375 g/mol. The number of anilines is 1. The van der Waals surface area contributed by atoms with Gasteiger partial charge < -0.3 is 10.3 Å². The van der Waals surface area contributed by atoms with E-state index in [2.05, 4.69) is 82.4 Å². The molecule has 0 amide bonds. The van der Waals surface area contributed by atoms with Crippen molar-refractivity contribution in [2.45, 2.75) is 0 Å². The van der Waals surface area contributed by atoms with Crippen molar-refractivity contribution in [3.05, 3.63) is 108 Å². The summed E-state index contributed by atoms with van der Waals surface area (Å²) < 4.78 is 2.31. The minimum atomic E-state index is 0.736. The van der Waals surface area contributed by atoms with Gasteiger partial charge in [-0.15, -0.1) is 0 Å². The molecule has 5 aromatic rings. The van der Waals surface area contributed by atoms with E-state index >= 15 is 0 Å². The molecule has 0 aliphatic carbocycles. The van der Waals surface area contributed by atoms with Gasteiger partial charge in [-0.05, 0) is 30.3 Å². The number of aliphatic imine (C=N–C) groups is 1. The van der Waals surface area contributed by atoms with Crippen LogP contribution in [-0.4, -0.2) is 17.3 Å². The van der Waals surface area contributed by atoms with Crippen molar-refractivity contribution in [3.63, 3.8) is 0 Å². The number of nitrogens with two attached hydrogens (primary N) is 1. The van der Waals surface area contributed by atoms with Crippen molar-refractivity contribution < 1.29 is 0 Å². The maximum absolute atomic E-state index is 6.18. The Bertz CT molecular complexity index is 1300. The topological polar surface area (TPSA) is 43.3 Å². The Balaban J connectivity index is 1.65. The Morgan fingerprint density at radius 2 is 1.24 bits per heavy atom. The van der Waals surface area contributed by atoms with Gasteiger partial charge in [0.15, 0.2) is 0 Å². The molecular weight excluding hydrogens is 354 g/mol. The average Bonchev–Trinajstić information content (AvgIpc) is 3.11. The van der Waals surface area contributed by atoms with Crippen molar-refractivity contribution >= 4 is 33.2 Å². The molecule has 4 aromatic carbocycles. The van der Waals surface area contributed by atoms with Gasteiger partial charge in [-0.25, -0.2) is 0 Å². The van der Waals surface area contributed by atoms with Crippen LogP contribution in [0, 0.1) is 0 Å². The lowest BCUT2D eigenvalue weighted by atomic mass is 10.0. The van der Waals surface area contributed by atoms with Crippen LogP contribution in [0.25, 0.3) is 27.5 Å². The van der Waals surface area contributed by atoms with E-state index in [0.717, 1.165) is 28.2 Å². The second kappa shape index (κ2) is 6.95. The number of nitrogen functional groups attached to an aromatic ring is 1. The van der Waals surface area contributed by atoms with E-state index in [-0.39, 0.29) is 0 Å². The van der Waals surface area contributed by atoms with Crippen LogP contribution >= 0.6 is 0 Å². The normalized spacial score (nSPS) is 12.0. The summed E-state index contributed by atoms with van der Waals surface area (Å²) in [5.74, 6) is 0. The van der Waals surface area contributed by atoms with Gasteiger partial charge in [-0.3, -0.25) is 4.99 Å². The Labute approximate surface area is 169 Å². The van der Waals surface area contributed by atoms with Crippen LogP contribution in [0.1, 0.15) is 11.1 Å². The fourth-order valence-electron chi connectivity index (χ4n) is 4.09. The van der Waals surface area contributed by atoms with E-state index < -0.39 is 0 Å². The Morgan fingerprint density at radius 3 is 1.83 bits per heavy atom. The van der Waals surface area contributed by atoms with Crippen LogP contribution in [0.5, 0.6) is 0 Å². The van der Waals surface area contributed by atoms with Gasteiger partial charge in [0.05, 0.1) is 16.7 Å². The minimum Gasteiger partial charge on any atom is -0.398 e.